The zero-order valence-electron chi connectivity index (χ0n) is 13.6. The van der Waals surface area contributed by atoms with Crippen LogP contribution in [-0.4, -0.2) is 0 Å². The molecule has 0 aromatic heterocycles. The molecule has 0 amide bonds. The highest BCUT2D eigenvalue weighted by Gasteiger charge is 2.01. The van der Waals surface area contributed by atoms with Gasteiger partial charge in [0.2, 0.25) is 0 Å². The first-order chi connectivity index (χ1) is 11.7. The molecule has 0 unspecified atom stereocenters. The van der Waals surface area contributed by atoms with Gasteiger partial charge in [-0.25, -0.2) is 0 Å². The van der Waals surface area contributed by atoms with Gasteiger partial charge in [-0.1, -0.05) is 65.7 Å². The van der Waals surface area contributed by atoms with E-state index < -0.39 is 0 Å². The average Bonchev–Trinajstić information content (AvgIpc) is 2.61. The molecule has 3 aromatic rings. The molecule has 0 radical (unpaired) electrons. The van der Waals surface area contributed by atoms with Crippen LogP contribution >= 0.6 is 11.6 Å². The molecule has 0 saturated carbocycles. The molecule has 0 saturated heterocycles. The topological polar surface area (TPSA) is 21.3 Å². The Kier molecular flexibility index (Phi) is 5.39. The number of hydrogen-bond donors (Lipinski definition) is 1. The predicted molar refractivity (Wildman–Crippen MR) is 101 cm³/mol. The number of ether oxygens (including phenoxy) is 1. The van der Waals surface area contributed by atoms with E-state index in [0.29, 0.717) is 13.2 Å². The highest BCUT2D eigenvalue weighted by Crippen LogP contribution is 2.22. The van der Waals surface area contributed by atoms with Crippen molar-refractivity contribution in [3.05, 3.63) is 94.5 Å². The minimum absolute atomic E-state index is 0.571. The van der Waals surface area contributed by atoms with Gasteiger partial charge in [-0.2, -0.15) is 0 Å². The van der Waals surface area contributed by atoms with E-state index in [9.17, 15) is 0 Å². The maximum absolute atomic E-state index is 6.16. The molecular weight excluding hydrogens is 318 g/mol. The summed E-state index contributed by atoms with van der Waals surface area (Å²) in [4.78, 5) is 0. The number of benzene rings is 3. The molecule has 24 heavy (non-hydrogen) atoms. The largest absolute Gasteiger partial charge is 0.489 e. The number of rotatable bonds is 6. The van der Waals surface area contributed by atoms with Crippen LogP contribution in [0.2, 0.25) is 5.02 Å². The van der Waals surface area contributed by atoms with Crippen molar-refractivity contribution in [1.29, 1.82) is 0 Å². The first-order valence-corrected chi connectivity index (χ1v) is 8.34. The van der Waals surface area contributed by atoms with Crippen LogP contribution in [0, 0.1) is 6.92 Å². The van der Waals surface area contributed by atoms with Crippen LogP contribution < -0.4 is 10.1 Å². The summed E-state index contributed by atoms with van der Waals surface area (Å²) in [7, 11) is 0. The summed E-state index contributed by atoms with van der Waals surface area (Å²) in [5, 5.41) is 4.08. The molecule has 0 aliphatic heterocycles. The van der Waals surface area contributed by atoms with E-state index in [2.05, 4.69) is 48.6 Å². The molecule has 0 aliphatic rings. The minimum Gasteiger partial charge on any atom is -0.489 e. The van der Waals surface area contributed by atoms with Gasteiger partial charge < -0.3 is 10.1 Å². The minimum atomic E-state index is 0.571. The molecule has 0 spiro atoms. The first-order valence-electron chi connectivity index (χ1n) is 7.96. The van der Waals surface area contributed by atoms with Crippen molar-refractivity contribution < 1.29 is 4.74 Å². The van der Waals surface area contributed by atoms with Gasteiger partial charge in [-0.3, -0.25) is 0 Å². The predicted octanol–water partition coefficient (Wildman–Crippen LogP) is 5.84. The maximum Gasteiger partial charge on any atom is 0.120 e. The number of para-hydroxylation sites is 1. The van der Waals surface area contributed by atoms with Crippen LogP contribution in [0.1, 0.15) is 16.7 Å². The second kappa shape index (κ2) is 7.89. The molecule has 0 aliphatic carbocycles. The number of hydrogen-bond acceptors (Lipinski definition) is 2. The van der Waals surface area contributed by atoms with Gasteiger partial charge in [0.15, 0.2) is 0 Å². The van der Waals surface area contributed by atoms with Gasteiger partial charge in [-0.15, -0.1) is 0 Å². The molecule has 3 rings (SSSR count). The van der Waals surface area contributed by atoms with E-state index in [1.807, 2.05) is 36.4 Å². The standard InChI is InChI=1S/C21H20ClNO/c1-16-9-11-17(12-10-16)15-24-19-6-4-5-18(13-19)14-23-21-8-3-2-7-20(21)22/h2-13,23H,14-15H2,1H3. The molecule has 0 fully saturated rings. The fourth-order valence-corrected chi connectivity index (χ4v) is 2.60. The monoisotopic (exact) mass is 337 g/mol. The molecule has 0 bridgehead atoms. The van der Waals surface area contributed by atoms with Crippen LogP contribution in [0.15, 0.2) is 72.8 Å². The lowest BCUT2D eigenvalue weighted by molar-refractivity contribution is 0.306. The first kappa shape index (κ1) is 16.4. The highest BCUT2D eigenvalue weighted by atomic mass is 35.5. The Morgan fingerprint density at radius 1 is 0.875 bits per heavy atom. The lowest BCUT2D eigenvalue weighted by Crippen LogP contribution is -2.01. The fraction of sp³-hybridized carbons (Fsp3) is 0.143. The summed E-state index contributed by atoms with van der Waals surface area (Å²) >= 11 is 6.16. The molecule has 3 heteroatoms. The van der Waals surface area contributed by atoms with Crippen molar-refractivity contribution >= 4 is 17.3 Å². The number of halogens is 1. The Morgan fingerprint density at radius 3 is 2.46 bits per heavy atom. The van der Waals surface area contributed by atoms with Gasteiger partial charge in [-0.05, 0) is 42.3 Å². The van der Waals surface area contributed by atoms with E-state index in [4.69, 9.17) is 16.3 Å². The lowest BCUT2D eigenvalue weighted by Gasteiger charge is -2.11. The summed E-state index contributed by atoms with van der Waals surface area (Å²) in [6.45, 7) is 3.35. The molecule has 0 heterocycles. The van der Waals surface area contributed by atoms with Crippen LogP contribution in [0.25, 0.3) is 0 Å². The average molecular weight is 338 g/mol. The van der Waals surface area contributed by atoms with E-state index >= 15 is 0 Å². The van der Waals surface area contributed by atoms with Crippen molar-refractivity contribution in [2.45, 2.75) is 20.1 Å². The maximum atomic E-state index is 6.16. The zero-order chi connectivity index (χ0) is 16.8. The van der Waals surface area contributed by atoms with Gasteiger partial charge in [0, 0.05) is 6.54 Å². The molecule has 122 valence electrons. The highest BCUT2D eigenvalue weighted by molar-refractivity contribution is 6.33. The third kappa shape index (κ3) is 4.53. The molecule has 3 aromatic carbocycles. The van der Waals surface area contributed by atoms with E-state index in [1.165, 1.54) is 11.1 Å². The van der Waals surface area contributed by atoms with E-state index in [1.54, 1.807) is 0 Å². The van der Waals surface area contributed by atoms with Crippen LogP contribution in [0.3, 0.4) is 0 Å². The van der Waals surface area contributed by atoms with Crippen molar-refractivity contribution in [3.8, 4) is 5.75 Å². The third-order valence-corrected chi connectivity index (χ3v) is 4.11. The second-order valence-electron chi connectivity index (χ2n) is 5.76. The zero-order valence-corrected chi connectivity index (χ0v) is 14.4. The number of anilines is 1. The summed E-state index contributed by atoms with van der Waals surface area (Å²) in [6.07, 6.45) is 0. The van der Waals surface area contributed by atoms with Crippen molar-refractivity contribution in [1.82, 2.24) is 0 Å². The van der Waals surface area contributed by atoms with Crippen molar-refractivity contribution in [2.24, 2.45) is 0 Å². The van der Waals surface area contributed by atoms with Crippen LogP contribution in [-0.2, 0) is 13.2 Å². The van der Waals surface area contributed by atoms with Crippen LogP contribution in [0.4, 0.5) is 5.69 Å². The lowest BCUT2D eigenvalue weighted by atomic mass is 10.1. The van der Waals surface area contributed by atoms with Gasteiger partial charge in [0.05, 0.1) is 10.7 Å². The third-order valence-electron chi connectivity index (χ3n) is 3.78. The second-order valence-corrected chi connectivity index (χ2v) is 6.16. The smallest absolute Gasteiger partial charge is 0.120 e. The van der Waals surface area contributed by atoms with Crippen molar-refractivity contribution in [3.63, 3.8) is 0 Å². The Hall–Kier alpha value is -2.45. The SMILES string of the molecule is Cc1ccc(COc2cccc(CNc3ccccc3Cl)c2)cc1. The quantitative estimate of drug-likeness (QED) is 0.610. The molecule has 1 N–H and O–H groups in total. The van der Waals surface area contributed by atoms with Gasteiger partial charge in [0.1, 0.15) is 12.4 Å². The van der Waals surface area contributed by atoms with Crippen LogP contribution in [0.5, 0.6) is 5.75 Å². The van der Waals surface area contributed by atoms with Gasteiger partial charge in [0.25, 0.3) is 0 Å². The Balaban J connectivity index is 1.59. The Morgan fingerprint density at radius 2 is 1.67 bits per heavy atom. The molecule has 0 atom stereocenters. The molecular formula is C21H20ClNO. The normalized spacial score (nSPS) is 10.4. The fourth-order valence-electron chi connectivity index (χ4n) is 2.40. The Labute approximate surface area is 148 Å². The summed E-state index contributed by atoms with van der Waals surface area (Å²) in [5.74, 6) is 0.869. The van der Waals surface area contributed by atoms with E-state index in [0.717, 1.165) is 22.0 Å². The van der Waals surface area contributed by atoms with Crippen molar-refractivity contribution in [2.75, 3.05) is 5.32 Å². The summed E-state index contributed by atoms with van der Waals surface area (Å²) < 4.78 is 5.89. The summed E-state index contributed by atoms with van der Waals surface area (Å²) in [5.41, 5.74) is 4.51. The number of nitrogens with one attached hydrogen (secondary N) is 1. The van der Waals surface area contributed by atoms with E-state index in [-0.39, 0.29) is 0 Å². The Bertz CT molecular complexity index is 799. The summed E-state index contributed by atoms with van der Waals surface area (Å²) in [6, 6.07) is 24.2. The molecule has 2 nitrogen and oxygen atoms in total. The number of aryl methyl sites for hydroxylation is 1. The van der Waals surface area contributed by atoms with Gasteiger partial charge >= 0.3 is 0 Å².